The lowest BCUT2D eigenvalue weighted by molar-refractivity contribution is 0.102. The Labute approximate surface area is 126 Å². The van der Waals surface area contributed by atoms with Crippen LogP contribution in [0.5, 0.6) is 0 Å². The molecule has 1 aromatic heterocycles. The highest BCUT2D eigenvalue weighted by Gasteiger charge is 2.19. The Balaban J connectivity index is 1.87. The van der Waals surface area contributed by atoms with Gasteiger partial charge in [-0.25, -0.2) is 9.37 Å². The highest BCUT2D eigenvalue weighted by molar-refractivity contribution is 6.32. The summed E-state index contributed by atoms with van der Waals surface area (Å²) in [4.78, 5) is 16.4. The topological polar surface area (TPSA) is 59.0 Å². The van der Waals surface area contributed by atoms with Gasteiger partial charge in [0.2, 0.25) is 5.95 Å². The molecule has 1 aromatic carbocycles. The molecular formula is C14H14ClFN4O. The zero-order chi connectivity index (χ0) is 15.0. The van der Waals surface area contributed by atoms with E-state index < -0.39 is 11.7 Å². The van der Waals surface area contributed by atoms with E-state index in [1.165, 1.54) is 6.07 Å². The zero-order valence-corrected chi connectivity index (χ0v) is 12.2. The Kier molecular flexibility index (Phi) is 3.65. The lowest BCUT2D eigenvalue weighted by Gasteiger charge is -2.17. The highest BCUT2D eigenvalue weighted by Crippen LogP contribution is 2.23. The Morgan fingerprint density at radius 3 is 3.14 bits per heavy atom. The molecule has 0 atom stereocenters. The molecule has 5 nitrogen and oxygen atoms in total. The lowest BCUT2D eigenvalue weighted by atomic mass is 10.1. The molecule has 1 amide bonds. The second-order valence-corrected chi connectivity index (χ2v) is 5.29. The summed E-state index contributed by atoms with van der Waals surface area (Å²) in [5, 5.41) is 5.82. The van der Waals surface area contributed by atoms with E-state index in [4.69, 9.17) is 11.6 Å². The molecule has 0 spiro atoms. The lowest BCUT2D eigenvalue weighted by Crippen LogP contribution is -2.29. The molecule has 0 saturated heterocycles. The molecule has 0 radical (unpaired) electrons. The van der Waals surface area contributed by atoms with E-state index in [-0.39, 0.29) is 10.6 Å². The van der Waals surface area contributed by atoms with Crippen LogP contribution in [-0.4, -0.2) is 22.0 Å². The van der Waals surface area contributed by atoms with Gasteiger partial charge < -0.3 is 9.88 Å². The number of nitrogens with one attached hydrogen (secondary N) is 2. The predicted molar refractivity (Wildman–Crippen MR) is 78.0 cm³/mol. The first-order valence-electron chi connectivity index (χ1n) is 6.59. The molecular weight excluding hydrogens is 295 g/mol. The molecule has 1 aliphatic heterocycles. The predicted octanol–water partition coefficient (Wildman–Crippen LogP) is 2.34. The van der Waals surface area contributed by atoms with Gasteiger partial charge in [-0.1, -0.05) is 17.7 Å². The summed E-state index contributed by atoms with van der Waals surface area (Å²) in [5.74, 6) is -0.838. The first-order valence-corrected chi connectivity index (χ1v) is 6.97. The van der Waals surface area contributed by atoms with E-state index in [0.717, 1.165) is 12.2 Å². The van der Waals surface area contributed by atoms with Gasteiger partial charge in [-0.15, -0.1) is 0 Å². The molecule has 3 rings (SSSR count). The van der Waals surface area contributed by atoms with E-state index in [1.54, 1.807) is 19.2 Å². The van der Waals surface area contributed by atoms with E-state index >= 15 is 0 Å². The van der Waals surface area contributed by atoms with Crippen LogP contribution in [0.15, 0.2) is 18.3 Å². The number of rotatable bonds is 2. The number of hydrogen-bond acceptors (Lipinski definition) is 3. The van der Waals surface area contributed by atoms with Crippen LogP contribution in [0, 0.1) is 12.7 Å². The summed E-state index contributed by atoms with van der Waals surface area (Å²) in [7, 11) is 0. The third-order valence-corrected chi connectivity index (χ3v) is 3.97. The van der Waals surface area contributed by atoms with Crippen LogP contribution in [0.4, 0.5) is 10.3 Å². The third kappa shape index (κ3) is 2.52. The number of fused-ring (bicyclic) bond motifs is 1. The van der Waals surface area contributed by atoms with Gasteiger partial charge in [0.1, 0.15) is 0 Å². The third-order valence-electron chi connectivity index (χ3n) is 3.50. The first kappa shape index (κ1) is 14.0. The number of nitrogens with zero attached hydrogens (tertiary/aromatic N) is 2. The number of benzene rings is 1. The zero-order valence-electron chi connectivity index (χ0n) is 11.4. The van der Waals surface area contributed by atoms with E-state index in [1.807, 2.05) is 4.57 Å². The van der Waals surface area contributed by atoms with Crippen LogP contribution in [-0.2, 0) is 13.1 Å². The molecule has 1 aliphatic rings. The molecule has 2 heterocycles. The monoisotopic (exact) mass is 308 g/mol. The van der Waals surface area contributed by atoms with Crippen LogP contribution >= 0.6 is 11.6 Å². The van der Waals surface area contributed by atoms with Crippen molar-refractivity contribution in [2.45, 2.75) is 20.0 Å². The summed E-state index contributed by atoms with van der Waals surface area (Å²) in [6.45, 7) is 3.90. The van der Waals surface area contributed by atoms with Gasteiger partial charge in [0, 0.05) is 19.6 Å². The largest absolute Gasteiger partial charge is 0.312 e. The Hall–Kier alpha value is -1.92. The number of halogens is 2. The summed E-state index contributed by atoms with van der Waals surface area (Å²) in [5.41, 5.74) is 1.49. The number of aromatic nitrogens is 2. The minimum absolute atomic E-state index is 0.0306. The van der Waals surface area contributed by atoms with Gasteiger partial charge >= 0.3 is 0 Å². The van der Waals surface area contributed by atoms with Crippen molar-refractivity contribution in [1.82, 2.24) is 14.9 Å². The van der Waals surface area contributed by atoms with Crippen molar-refractivity contribution in [3.8, 4) is 0 Å². The van der Waals surface area contributed by atoms with Gasteiger partial charge in [-0.3, -0.25) is 10.1 Å². The Morgan fingerprint density at radius 1 is 1.52 bits per heavy atom. The fourth-order valence-electron chi connectivity index (χ4n) is 2.30. The summed E-state index contributed by atoms with van der Waals surface area (Å²) < 4.78 is 16.0. The fourth-order valence-corrected chi connectivity index (χ4v) is 2.46. The number of carbonyl (C=O) groups excluding carboxylic acids is 1. The molecule has 21 heavy (non-hydrogen) atoms. The molecule has 2 N–H and O–H groups in total. The molecule has 7 heteroatoms. The Bertz CT molecular complexity index is 713. The van der Waals surface area contributed by atoms with Gasteiger partial charge in [0.25, 0.3) is 5.91 Å². The SMILES string of the molecule is Cc1ccc(C(=O)Nc2ncc3n2CCNC3)c(F)c1Cl. The number of anilines is 1. The minimum Gasteiger partial charge on any atom is -0.312 e. The summed E-state index contributed by atoms with van der Waals surface area (Å²) in [6.07, 6.45) is 1.69. The molecule has 0 unspecified atom stereocenters. The average molecular weight is 309 g/mol. The van der Waals surface area contributed by atoms with Crippen molar-refractivity contribution in [3.05, 3.63) is 46.0 Å². The van der Waals surface area contributed by atoms with Crippen molar-refractivity contribution >= 4 is 23.5 Å². The highest BCUT2D eigenvalue weighted by atomic mass is 35.5. The molecule has 110 valence electrons. The maximum Gasteiger partial charge on any atom is 0.261 e. The van der Waals surface area contributed by atoms with Crippen LogP contribution in [0.1, 0.15) is 21.6 Å². The van der Waals surface area contributed by atoms with Crippen molar-refractivity contribution in [1.29, 1.82) is 0 Å². The van der Waals surface area contributed by atoms with E-state index in [0.29, 0.717) is 24.6 Å². The first-order chi connectivity index (χ1) is 10.1. The van der Waals surface area contributed by atoms with Crippen LogP contribution in [0.25, 0.3) is 0 Å². The minimum atomic E-state index is -0.707. The number of amides is 1. The van der Waals surface area contributed by atoms with E-state index in [2.05, 4.69) is 15.6 Å². The van der Waals surface area contributed by atoms with Crippen molar-refractivity contribution in [2.75, 3.05) is 11.9 Å². The van der Waals surface area contributed by atoms with Crippen molar-refractivity contribution < 1.29 is 9.18 Å². The maximum atomic E-state index is 14.1. The number of aryl methyl sites for hydroxylation is 1. The number of imidazole rings is 1. The van der Waals surface area contributed by atoms with Gasteiger partial charge in [0.15, 0.2) is 5.82 Å². The smallest absolute Gasteiger partial charge is 0.261 e. The second kappa shape index (κ2) is 5.46. The normalized spacial score (nSPS) is 13.9. The van der Waals surface area contributed by atoms with Crippen LogP contribution < -0.4 is 10.6 Å². The molecule has 0 bridgehead atoms. The van der Waals surface area contributed by atoms with E-state index in [9.17, 15) is 9.18 Å². The second-order valence-electron chi connectivity index (χ2n) is 4.91. The van der Waals surface area contributed by atoms with Crippen LogP contribution in [0.2, 0.25) is 5.02 Å². The van der Waals surface area contributed by atoms with Crippen molar-refractivity contribution in [3.63, 3.8) is 0 Å². The number of hydrogen-bond donors (Lipinski definition) is 2. The standard InChI is InChI=1S/C14H14ClFN4O/c1-8-2-3-10(12(16)11(8)15)13(21)19-14-18-7-9-6-17-4-5-20(9)14/h2-3,7,17H,4-6H2,1H3,(H,18,19,21). The van der Waals surface area contributed by atoms with Gasteiger partial charge in [-0.2, -0.15) is 0 Å². The molecule has 0 fully saturated rings. The molecule has 0 saturated carbocycles. The maximum absolute atomic E-state index is 14.1. The van der Waals surface area contributed by atoms with Gasteiger partial charge in [0.05, 0.1) is 22.5 Å². The summed E-state index contributed by atoms with van der Waals surface area (Å²) in [6, 6.07) is 3.04. The quantitative estimate of drug-likeness (QED) is 0.895. The molecule has 2 aromatic rings. The summed E-state index contributed by atoms with van der Waals surface area (Å²) >= 11 is 5.84. The van der Waals surface area contributed by atoms with Gasteiger partial charge in [-0.05, 0) is 18.6 Å². The van der Waals surface area contributed by atoms with Crippen LogP contribution in [0.3, 0.4) is 0 Å². The van der Waals surface area contributed by atoms with Crippen molar-refractivity contribution in [2.24, 2.45) is 0 Å². The fraction of sp³-hybridized carbons (Fsp3) is 0.286. The molecule has 0 aliphatic carbocycles. The Morgan fingerprint density at radius 2 is 2.33 bits per heavy atom. The average Bonchev–Trinajstić information content (AvgIpc) is 2.88. The number of carbonyl (C=O) groups is 1.